The fraction of sp³-hybridized carbons (Fsp3) is 0.619. The second kappa shape index (κ2) is 8.53. The van der Waals surface area contributed by atoms with Gasteiger partial charge in [0.2, 0.25) is 0 Å². The highest BCUT2D eigenvalue weighted by Gasteiger charge is 2.49. The number of carbonyl (C=O) groups excluding carboxylic acids is 1. The van der Waals surface area contributed by atoms with E-state index >= 15 is 0 Å². The zero-order chi connectivity index (χ0) is 18.6. The maximum absolute atomic E-state index is 12.6. The summed E-state index contributed by atoms with van der Waals surface area (Å²) in [7, 11) is 0. The molecule has 1 aromatic rings. The van der Waals surface area contributed by atoms with Gasteiger partial charge in [0.1, 0.15) is 5.15 Å². The van der Waals surface area contributed by atoms with E-state index < -0.39 is 5.72 Å². The van der Waals surface area contributed by atoms with Gasteiger partial charge in [0, 0.05) is 25.6 Å². The van der Waals surface area contributed by atoms with Crippen molar-refractivity contribution in [3.8, 4) is 0 Å². The highest BCUT2D eigenvalue weighted by atomic mass is 35.5. The molecule has 3 aliphatic rings. The van der Waals surface area contributed by atoms with Crippen LogP contribution in [0, 0.1) is 11.8 Å². The fourth-order valence-corrected chi connectivity index (χ4v) is 4.24. The van der Waals surface area contributed by atoms with Gasteiger partial charge in [0.05, 0.1) is 5.92 Å². The number of pyridine rings is 1. The van der Waals surface area contributed by atoms with Crippen molar-refractivity contribution < 1.29 is 9.53 Å². The summed E-state index contributed by atoms with van der Waals surface area (Å²) in [5.74, 6) is 0.763. The number of halogens is 1. The highest BCUT2D eigenvalue weighted by molar-refractivity contribution is 6.29. The lowest BCUT2D eigenvalue weighted by molar-refractivity contribution is -0.182. The summed E-state index contributed by atoms with van der Waals surface area (Å²) in [6.45, 7) is 4.97. The van der Waals surface area contributed by atoms with Gasteiger partial charge in [-0.1, -0.05) is 43.7 Å². The van der Waals surface area contributed by atoms with Gasteiger partial charge in [-0.05, 0) is 49.1 Å². The SMILES string of the molecule is CCC=CCCC(C)C(=O)OC12CCC(CN1)C(c1ccc(Cl)nc1)C2. The maximum Gasteiger partial charge on any atom is 0.310 e. The van der Waals surface area contributed by atoms with Crippen LogP contribution in [0.4, 0.5) is 0 Å². The van der Waals surface area contributed by atoms with E-state index in [9.17, 15) is 4.79 Å². The van der Waals surface area contributed by atoms with Crippen LogP contribution >= 0.6 is 11.6 Å². The summed E-state index contributed by atoms with van der Waals surface area (Å²) in [6, 6.07) is 3.90. The van der Waals surface area contributed by atoms with Gasteiger partial charge in [-0.15, -0.1) is 0 Å². The molecule has 2 aliphatic heterocycles. The van der Waals surface area contributed by atoms with E-state index in [1.54, 1.807) is 0 Å². The summed E-state index contributed by atoms with van der Waals surface area (Å²) >= 11 is 5.92. The van der Waals surface area contributed by atoms with Crippen LogP contribution in [0.25, 0.3) is 0 Å². The third-order valence-corrected chi connectivity index (χ3v) is 5.99. The van der Waals surface area contributed by atoms with Crippen LogP contribution in [0.15, 0.2) is 30.5 Å². The number of carbonyl (C=O) groups is 1. The van der Waals surface area contributed by atoms with Crippen molar-refractivity contribution in [2.45, 2.75) is 64.0 Å². The van der Waals surface area contributed by atoms with Crippen LogP contribution in [0.3, 0.4) is 0 Å². The molecule has 0 amide bonds. The number of esters is 1. The molecule has 2 saturated heterocycles. The Labute approximate surface area is 161 Å². The fourth-order valence-electron chi connectivity index (χ4n) is 4.13. The molecule has 26 heavy (non-hydrogen) atoms. The lowest BCUT2D eigenvalue weighted by atomic mass is 9.68. The van der Waals surface area contributed by atoms with Crippen molar-refractivity contribution in [1.82, 2.24) is 10.3 Å². The minimum atomic E-state index is -0.524. The molecule has 0 spiro atoms. The molecule has 4 rings (SSSR count). The molecule has 2 bridgehead atoms. The number of rotatable bonds is 7. The van der Waals surface area contributed by atoms with Gasteiger partial charge in [0.15, 0.2) is 5.72 Å². The maximum atomic E-state index is 12.6. The van der Waals surface area contributed by atoms with Crippen molar-refractivity contribution >= 4 is 17.6 Å². The number of hydrogen-bond acceptors (Lipinski definition) is 4. The summed E-state index contributed by atoms with van der Waals surface area (Å²) in [5, 5.41) is 4.02. The first-order valence-corrected chi connectivity index (χ1v) is 10.1. The molecule has 5 heteroatoms. The Hall–Kier alpha value is -1.39. The van der Waals surface area contributed by atoms with E-state index in [1.165, 1.54) is 5.56 Å². The lowest BCUT2D eigenvalue weighted by Gasteiger charge is -2.50. The third-order valence-electron chi connectivity index (χ3n) is 5.77. The Balaban J connectivity index is 1.62. The third kappa shape index (κ3) is 4.47. The second-order valence-corrected chi connectivity index (χ2v) is 8.07. The summed E-state index contributed by atoms with van der Waals surface area (Å²) in [6.07, 6.45) is 11.7. The average Bonchev–Trinajstić information content (AvgIpc) is 2.66. The zero-order valence-corrected chi connectivity index (χ0v) is 16.5. The van der Waals surface area contributed by atoms with Gasteiger partial charge in [0.25, 0.3) is 0 Å². The molecule has 3 fully saturated rings. The lowest BCUT2D eigenvalue weighted by Crippen LogP contribution is -2.60. The van der Waals surface area contributed by atoms with Gasteiger partial charge in [-0.25, -0.2) is 4.98 Å². The van der Waals surface area contributed by atoms with Gasteiger partial charge >= 0.3 is 5.97 Å². The molecule has 4 atom stereocenters. The number of allylic oxidation sites excluding steroid dienone is 2. The Bertz CT molecular complexity index is 636. The highest BCUT2D eigenvalue weighted by Crippen LogP contribution is 2.47. The zero-order valence-electron chi connectivity index (χ0n) is 15.7. The number of fused-ring (bicyclic) bond motifs is 3. The van der Waals surface area contributed by atoms with Crippen LogP contribution in [0.1, 0.15) is 63.9 Å². The van der Waals surface area contributed by atoms with Gasteiger partial charge in [-0.3, -0.25) is 10.1 Å². The molecule has 1 aliphatic carbocycles. The largest absolute Gasteiger partial charge is 0.444 e. The van der Waals surface area contributed by atoms with Crippen molar-refractivity contribution in [3.05, 3.63) is 41.2 Å². The summed E-state index contributed by atoms with van der Waals surface area (Å²) in [4.78, 5) is 16.9. The smallest absolute Gasteiger partial charge is 0.310 e. The van der Waals surface area contributed by atoms with Crippen LogP contribution in [-0.4, -0.2) is 23.2 Å². The van der Waals surface area contributed by atoms with Crippen molar-refractivity contribution in [1.29, 1.82) is 0 Å². The minimum Gasteiger partial charge on any atom is -0.444 e. The van der Waals surface area contributed by atoms with Crippen LogP contribution in [0.5, 0.6) is 0 Å². The quantitative estimate of drug-likeness (QED) is 0.420. The molecule has 1 aromatic heterocycles. The molecule has 142 valence electrons. The van der Waals surface area contributed by atoms with Crippen LogP contribution in [0.2, 0.25) is 5.15 Å². The molecule has 0 radical (unpaired) electrons. The van der Waals surface area contributed by atoms with Gasteiger partial charge in [-0.2, -0.15) is 0 Å². The molecule has 1 saturated carbocycles. The Morgan fingerprint density at radius 2 is 2.35 bits per heavy atom. The number of nitrogens with zero attached hydrogens (tertiary/aromatic N) is 1. The molecule has 3 heterocycles. The first-order chi connectivity index (χ1) is 12.5. The predicted molar refractivity (Wildman–Crippen MR) is 104 cm³/mol. The van der Waals surface area contributed by atoms with E-state index in [4.69, 9.17) is 16.3 Å². The number of piperidine rings is 2. The standard InChI is InChI=1S/C21H29ClN2O2/c1-3-4-5-6-7-15(2)20(25)26-21-11-10-17(14-24-21)18(12-21)16-8-9-19(22)23-13-16/h4-5,8-9,13,15,17-18,24H,3,6-7,10-12,14H2,1-2H3. The first-order valence-electron chi connectivity index (χ1n) is 9.77. The second-order valence-electron chi connectivity index (χ2n) is 7.68. The molecule has 1 N–H and O–H groups in total. The summed E-state index contributed by atoms with van der Waals surface area (Å²) < 4.78 is 6.04. The average molecular weight is 377 g/mol. The van der Waals surface area contributed by atoms with Crippen LogP contribution in [-0.2, 0) is 9.53 Å². The Kier molecular flexibility index (Phi) is 6.36. The van der Waals surface area contributed by atoms with E-state index in [0.29, 0.717) is 17.0 Å². The van der Waals surface area contributed by atoms with E-state index in [2.05, 4.69) is 35.4 Å². The van der Waals surface area contributed by atoms with Crippen molar-refractivity contribution in [3.63, 3.8) is 0 Å². The summed E-state index contributed by atoms with van der Waals surface area (Å²) in [5.41, 5.74) is 0.669. The monoisotopic (exact) mass is 376 g/mol. The first kappa shape index (κ1) is 19.4. The normalized spacial score (nSPS) is 29.0. The number of aromatic nitrogens is 1. The Morgan fingerprint density at radius 1 is 1.50 bits per heavy atom. The van der Waals surface area contributed by atoms with Gasteiger partial charge < -0.3 is 4.74 Å². The molecule has 0 aromatic carbocycles. The van der Waals surface area contributed by atoms with E-state index in [0.717, 1.165) is 45.1 Å². The predicted octanol–water partition coefficient (Wildman–Crippen LogP) is 4.84. The molecule has 4 nitrogen and oxygen atoms in total. The van der Waals surface area contributed by atoms with Crippen LogP contribution < -0.4 is 5.32 Å². The van der Waals surface area contributed by atoms with E-state index in [1.807, 2.05) is 19.2 Å². The number of nitrogens with one attached hydrogen (secondary N) is 1. The molecular weight excluding hydrogens is 348 g/mol. The Morgan fingerprint density at radius 3 is 3.00 bits per heavy atom. The number of hydrogen-bond donors (Lipinski definition) is 1. The van der Waals surface area contributed by atoms with Crippen molar-refractivity contribution in [2.75, 3.05) is 6.54 Å². The van der Waals surface area contributed by atoms with Crippen molar-refractivity contribution in [2.24, 2.45) is 11.8 Å². The van der Waals surface area contributed by atoms with E-state index in [-0.39, 0.29) is 11.9 Å². The topological polar surface area (TPSA) is 51.2 Å². The molecule has 4 unspecified atom stereocenters. The minimum absolute atomic E-state index is 0.0806. The number of ether oxygens (including phenoxy) is 1. The molecular formula is C21H29ClN2O2.